The first-order valence-corrected chi connectivity index (χ1v) is 9.17. The Balaban J connectivity index is 0.00000261. The molecule has 1 fully saturated rings. The summed E-state index contributed by atoms with van der Waals surface area (Å²) in [6.45, 7) is 7.32. The summed E-state index contributed by atoms with van der Waals surface area (Å²) in [5.41, 5.74) is 2.81. The standard InChI is InChI=1S/C20H27N3O3.ClH/c1-13-10-17(8-9-21-13)22-20(24)11-16-4-6-18(7-5-16)25-12-19-14(2)23-26-15(19)3;/h4-7,13,17,21H,8-12H2,1-3H3,(H,22,24);1H. The molecule has 3 rings (SSSR count). The number of halogens is 1. The van der Waals surface area contributed by atoms with Gasteiger partial charge in [0, 0.05) is 12.1 Å². The molecule has 0 aliphatic carbocycles. The van der Waals surface area contributed by atoms with Crippen LogP contribution in [0.25, 0.3) is 0 Å². The van der Waals surface area contributed by atoms with E-state index in [1.807, 2.05) is 38.1 Å². The minimum Gasteiger partial charge on any atom is -0.489 e. The lowest BCUT2D eigenvalue weighted by Gasteiger charge is -2.28. The molecule has 0 spiro atoms. The van der Waals surface area contributed by atoms with Crippen molar-refractivity contribution < 1.29 is 14.1 Å². The summed E-state index contributed by atoms with van der Waals surface area (Å²) in [6.07, 6.45) is 2.37. The number of nitrogens with zero attached hydrogens (tertiary/aromatic N) is 1. The third-order valence-electron chi connectivity index (χ3n) is 4.84. The smallest absolute Gasteiger partial charge is 0.224 e. The third-order valence-corrected chi connectivity index (χ3v) is 4.84. The monoisotopic (exact) mass is 393 g/mol. The van der Waals surface area contributed by atoms with Crippen LogP contribution in [0.2, 0.25) is 0 Å². The van der Waals surface area contributed by atoms with Crippen LogP contribution in [0.3, 0.4) is 0 Å². The highest BCUT2D eigenvalue weighted by Crippen LogP contribution is 2.18. The van der Waals surface area contributed by atoms with Gasteiger partial charge in [0.05, 0.1) is 17.7 Å². The summed E-state index contributed by atoms with van der Waals surface area (Å²) in [4.78, 5) is 12.2. The van der Waals surface area contributed by atoms with Crippen LogP contribution >= 0.6 is 12.4 Å². The maximum atomic E-state index is 12.2. The zero-order valence-electron chi connectivity index (χ0n) is 16.1. The van der Waals surface area contributed by atoms with Crippen molar-refractivity contribution in [3.63, 3.8) is 0 Å². The lowest BCUT2D eigenvalue weighted by molar-refractivity contribution is -0.121. The van der Waals surface area contributed by atoms with Crippen molar-refractivity contribution in [2.75, 3.05) is 6.54 Å². The highest BCUT2D eigenvalue weighted by atomic mass is 35.5. The van der Waals surface area contributed by atoms with E-state index in [0.29, 0.717) is 19.1 Å². The second-order valence-corrected chi connectivity index (χ2v) is 7.06. The van der Waals surface area contributed by atoms with E-state index >= 15 is 0 Å². The minimum absolute atomic E-state index is 0. The van der Waals surface area contributed by atoms with Crippen LogP contribution in [-0.2, 0) is 17.8 Å². The first kappa shape index (κ1) is 21.3. The Labute approximate surface area is 166 Å². The summed E-state index contributed by atoms with van der Waals surface area (Å²) in [5.74, 6) is 1.62. The Morgan fingerprint density at radius 3 is 2.70 bits per heavy atom. The number of benzene rings is 1. The number of hydrogen-bond acceptors (Lipinski definition) is 5. The molecule has 27 heavy (non-hydrogen) atoms. The molecule has 0 bridgehead atoms. The fraction of sp³-hybridized carbons (Fsp3) is 0.500. The predicted octanol–water partition coefficient (Wildman–Crippen LogP) is 3.09. The Hall–Kier alpha value is -2.05. The average molecular weight is 394 g/mol. The zero-order chi connectivity index (χ0) is 18.5. The Morgan fingerprint density at radius 2 is 2.07 bits per heavy atom. The second-order valence-electron chi connectivity index (χ2n) is 7.06. The topological polar surface area (TPSA) is 76.4 Å². The Kier molecular flexibility index (Phi) is 7.68. The summed E-state index contributed by atoms with van der Waals surface area (Å²) >= 11 is 0. The van der Waals surface area contributed by atoms with E-state index in [0.717, 1.165) is 47.7 Å². The molecule has 1 aliphatic rings. The number of hydrogen-bond donors (Lipinski definition) is 2. The Bertz CT molecular complexity index is 726. The van der Waals surface area contributed by atoms with E-state index in [4.69, 9.17) is 9.26 Å². The van der Waals surface area contributed by atoms with Crippen molar-refractivity contribution in [1.82, 2.24) is 15.8 Å². The number of aromatic nitrogens is 1. The molecule has 1 saturated heterocycles. The van der Waals surface area contributed by atoms with Gasteiger partial charge in [0.25, 0.3) is 0 Å². The van der Waals surface area contributed by atoms with E-state index < -0.39 is 0 Å². The maximum absolute atomic E-state index is 12.2. The molecule has 1 aromatic heterocycles. The molecule has 2 atom stereocenters. The largest absolute Gasteiger partial charge is 0.489 e. The van der Waals surface area contributed by atoms with Gasteiger partial charge in [-0.3, -0.25) is 4.79 Å². The van der Waals surface area contributed by atoms with Gasteiger partial charge >= 0.3 is 0 Å². The summed E-state index contributed by atoms with van der Waals surface area (Å²) in [6, 6.07) is 8.40. The van der Waals surface area contributed by atoms with Gasteiger partial charge < -0.3 is 19.9 Å². The van der Waals surface area contributed by atoms with Gasteiger partial charge in [-0.25, -0.2) is 0 Å². The third kappa shape index (κ3) is 5.97. The van der Waals surface area contributed by atoms with Gasteiger partial charge in [0.15, 0.2) is 0 Å². The normalized spacial score (nSPS) is 19.2. The number of carbonyl (C=O) groups excluding carboxylic acids is 1. The van der Waals surface area contributed by atoms with E-state index in [1.54, 1.807) is 0 Å². The van der Waals surface area contributed by atoms with Crippen molar-refractivity contribution in [1.29, 1.82) is 0 Å². The SMILES string of the molecule is Cc1noc(C)c1COc1ccc(CC(=O)NC2CCNC(C)C2)cc1.Cl. The van der Waals surface area contributed by atoms with Gasteiger partial charge in [0.2, 0.25) is 5.91 Å². The molecule has 2 unspecified atom stereocenters. The van der Waals surface area contributed by atoms with Gasteiger partial charge in [-0.1, -0.05) is 17.3 Å². The van der Waals surface area contributed by atoms with Crippen molar-refractivity contribution >= 4 is 18.3 Å². The molecular formula is C20H28ClN3O3. The maximum Gasteiger partial charge on any atom is 0.224 e. The average Bonchev–Trinajstić information content (AvgIpc) is 2.92. The molecule has 148 valence electrons. The highest BCUT2D eigenvalue weighted by molar-refractivity contribution is 5.85. The first-order valence-electron chi connectivity index (χ1n) is 9.17. The molecule has 7 heteroatoms. The molecule has 1 aromatic carbocycles. The molecule has 1 aliphatic heterocycles. The molecule has 1 amide bonds. The Morgan fingerprint density at radius 1 is 1.33 bits per heavy atom. The number of carbonyl (C=O) groups is 1. The van der Waals surface area contributed by atoms with Crippen molar-refractivity contribution in [2.24, 2.45) is 0 Å². The fourth-order valence-corrected chi connectivity index (χ4v) is 3.29. The number of aryl methyl sites for hydroxylation is 2. The second kappa shape index (κ2) is 9.76. The van der Waals surface area contributed by atoms with Crippen molar-refractivity contribution in [2.45, 2.75) is 58.7 Å². The van der Waals surface area contributed by atoms with Gasteiger partial charge in [0.1, 0.15) is 18.1 Å². The van der Waals surface area contributed by atoms with E-state index in [-0.39, 0.29) is 24.4 Å². The summed E-state index contributed by atoms with van der Waals surface area (Å²) < 4.78 is 10.9. The summed E-state index contributed by atoms with van der Waals surface area (Å²) in [7, 11) is 0. The molecule has 0 radical (unpaired) electrons. The number of amides is 1. The highest BCUT2D eigenvalue weighted by Gasteiger charge is 2.19. The molecule has 2 aromatic rings. The number of rotatable bonds is 6. The molecular weight excluding hydrogens is 366 g/mol. The van der Waals surface area contributed by atoms with Gasteiger partial charge in [-0.2, -0.15) is 0 Å². The number of piperidine rings is 1. The van der Waals surface area contributed by atoms with Gasteiger partial charge in [-0.15, -0.1) is 12.4 Å². The fourth-order valence-electron chi connectivity index (χ4n) is 3.29. The summed E-state index contributed by atoms with van der Waals surface area (Å²) in [5, 5.41) is 10.5. The van der Waals surface area contributed by atoms with Crippen LogP contribution in [0.5, 0.6) is 5.75 Å². The predicted molar refractivity (Wildman–Crippen MR) is 106 cm³/mol. The van der Waals surface area contributed by atoms with Crippen molar-refractivity contribution in [3.05, 3.63) is 46.8 Å². The van der Waals surface area contributed by atoms with Crippen LogP contribution in [0.4, 0.5) is 0 Å². The number of nitrogens with one attached hydrogen (secondary N) is 2. The van der Waals surface area contributed by atoms with Gasteiger partial charge in [-0.05, 0) is 57.9 Å². The molecule has 6 nitrogen and oxygen atoms in total. The quantitative estimate of drug-likeness (QED) is 0.788. The van der Waals surface area contributed by atoms with Crippen LogP contribution < -0.4 is 15.4 Å². The first-order chi connectivity index (χ1) is 12.5. The van der Waals surface area contributed by atoms with Crippen LogP contribution in [0, 0.1) is 13.8 Å². The van der Waals surface area contributed by atoms with E-state index in [9.17, 15) is 4.79 Å². The minimum atomic E-state index is 0. The lowest BCUT2D eigenvalue weighted by atomic mass is 10.0. The molecule has 2 heterocycles. The lowest BCUT2D eigenvalue weighted by Crippen LogP contribution is -2.46. The van der Waals surface area contributed by atoms with Crippen LogP contribution in [0.1, 0.15) is 42.3 Å². The van der Waals surface area contributed by atoms with Crippen LogP contribution in [-0.4, -0.2) is 29.7 Å². The molecule has 0 saturated carbocycles. The molecule has 2 N–H and O–H groups in total. The zero-order valence-corrected chi connectivity index (χ0v) is 16.9. The van der Waals surface area contributed by atoms with E-state index in [2.05, 4.69) is 22.7 Å². The van der Waals surface area contributed by atoms with E-state index in [1.165, 1.54) is 0 Å². The number of ether oxygens (including phenoxy) is 1. The van der Waals surface area contributed by atoms with Crippen molar-refractivity contribution in [3.8, 4) is 5.75 Å². The van der Waals surface area contributed by atoms with Crippen LogP contribution in [0.15, 0.2) is 28.8 Å².